The molecule has 132 valence electrons. The van der Waals surface area contributed by atoms with Crippen LogP contribution in [0.2, 0.25) is 0 Å². The number of hydrogen-bond donors (Lipinski definition) is 1. The van der Waals surface area contributed by atoms with E-state index in [0.717, 1.165) is 44.1 Å². The lowest BCUT2D eigenvalue weighted by Crippen LogP contribution is -2.42. The maximum absolute atomic E-state index is 11.8. The molecule has 2 aliphatic rings. The standard InChI is InChI=1S/C16H25N5O3/c1-11-17-18-14(19(11)3)9-20-6-4-16(5-7-20)8-13(15(23)24)21(10-16)12(2)22/h13H,4-10H2,1-3H3,(H,23,24)/t13-/m1/s1. The van der Waals surface area contributed by atoms with E-state index >= 15 is 0 Å². The number of carboxylic acids is 1. The lowest BCUT2D eigenvalue weighted by molar-refractivity contribution is -0.147. The smallest absolute Gasteiger partial charge is 0.326 e. The number of likely N-dealkylation sites (tertiary alicyclic amines) is 2. The van der Waals surface area contributed by atoms with Crippen molar-refractivity contribution in [3.63, 3.8) is 0 Å². The van der Waals surface area contributed by atoms with Crippen molar-refractivity contribution in [2.75, 3.05) is 19.6 Å². The minimum absolute atomic E-state index is 0.0545. The molecule has 1 N–H and O–H groups in total. The van der Waals surface area contributed by atoms with Crippen LogP contribution in [0, 0.1) is 12.3 Å². The van der Waals surface area contributed by atoms with Crippen LogP contribution in [0.5, 0.6) is 0 Å². The summed E-state index contributed by atoms with van der Waals surface area (Å²) in [6.07, 6.45) is 2.40. The summed E-state index contributed by atoms with van der Waals surface area (Å²) in [6, 6.07) is -0.671. The molecule has 0 unspecified atom stereocenters. The van der Waals surface area contributed by atoms with Gasteiger partial charge in [-0.25, -0.2) is 4.79 Å². The molecule has 0 saturated carbocycles. The van der Waals surface area contributed by atoms with E-state index in [4.69, 9.17) is 0 Å². The summed E-state index contributed by atoms with van der Waals surface area (Å²) >= 11 is 0. The number of piperidine rings is 1. The molecule has 8 heteroatoms. The number of aliphatic carboxylic acids is 1. The average Bonchev–Trinajstić information content (AvgIpc) is 3.06. The van der Waals surface area contributed by atoms with Crippen molar-refractivity contribution in [1.29, 1.82) is 0 Å². The molecule has 1 aromatic rings. The van der Waals surface area contributed by atoms with Crippen molar-refractivity contribution in [2.45, 2.75) is 45.7 Å². The third-order valence-corrected chi connectivity index (χ3v) is 5.66. The van der Waals surface area contributed by atoms with Crippen LogP contribution in [-0.2, 0) is 23.2 Å². The van der Waals surface area contributed by atoms with Gasteiger partial charge in [-0.15, -0.1) is 10.2 Å². The van der Waals surface area contributed by atoms with Crippen molar-refractivity contribution in [3.8, 4) is 0 Å². The molecular weight excluding hydrogens is 310 g/mol. The van der Waals surface area contributed by atoms with Gasteiger partial charge in [-0.2, -0.15) is 0 Å². The van der Waals surface area contributed by atoms with Gasteiger partial charge >= 0.3 is 5.97 Å². The average molecular weight is 335 g/mol. The zero-order chi connectivity index (χ0) is 17.5. The minimum atomic E-state index is -0.890. The van der Waals surface area contributed by atoms with Crippen LogP contribution in [0.3, 0.4) is 0 Å². The van der Waals surface area contributed by atoms with Crippen LogP contribution in [0.4, 0.5) is 0 Å². The van der Waals surface area contributed by atoms with Crippen molar-refractivity contribution in [2.24, 2.45) is 12.5 Å². The van der Waals surface area contributed by atoms with E-state index in [0.29, 0.717) is 13.0 Å². The summed E-state index contributed by atoms with van der Waals surface area (Å²) in [5, 5.41) is 17.7. The molecular formula is C16H25N5O3. The highest BCUT2D eigenvalue weighted by Gasteiger charge is 2.49. The fourth-order valence-corrected chi connectivity index (χ4v) is 3.94. The van der Waals surface area contributed by atoms with Crippen molar-refractivity contribution < 1.29 is 14.7 Å². The molecule has 8 nitrogen and oxygen atoms in total. The molecule has 0 aromatic carbocycles. The minimum Gasteiger partial charge on any atom is -0.480 e. The van der Waals surface area contributed by atoms with Crippen molar-refractivity contribution in [3.05, 3.63) is 11.6 Å². The van der Waals surface area contributed by atoms with E-state index < -0.39 is 12.0 Å². The van der Waals surface area contributed by atoms with Gasteiger partial charge in [0.2, 0.25) is 5.91 Å². The van der Waals surface area contributed by atoms with Crippen LogP contribution in [0.15, 0.2) is 0 Å². The zero-order valence-electron chi connectivity index (χ0n) is 14.5. The Kier molecular flexibility index (Phi) is 4.33. The molecule has 24 heavy (non-hydrogen) atoms. The summed E-state index contributed by atoms with van der Waals surface area (Å²) in [5.41, 5.74) is -0.0545. The first-order chi connectivity index (χ1) is 11.3. The first-order valence-electron chi connectivity index (χ1n) is 8.38. The number of carboxylic acid groups (broad SMARTS) is 1. The molecule has 1 aromatic heterocycles. The molecule has 3 rings (SSSR count). The van der Waals surface area contributed by atoms with Gasteiger partial charge in [0, 0.05) is 20.5 Å². The fourth-order valence-electron chi connectivity index (χ4n) is 3.94. The van der Waals surface area contributed by atoms with E-state index in [1.165, 1.54) is 11.8 Å². The molecule has 0 bridgehead atoms. The quantitative estimate of drug-likeness (QED) is 0.860. The van der Waals surface area contributed by atoms with Crippen LogP contribution in [0.25, 0.3) is 0 Å². The van der Waals surface area contributed by atoms with E-state index in [1.54, 1.807) is 0 Å². The highest BCUT2D eigenvalue weighted by Crippen LogP contribution is 2.43. The maximum atomic E-state index is 11.8. The van der Waals surface area contributed by atoms with Crippen LogP contribution >= 0.6 is 0 Å². The number of rotatable bonds is 3. The van der Waals surface area contributed by atoms with Crippen molar-refractivity contribution >= 4 is 11.9 Å². The number of amides is 1. The Hall–Kier alpha value is -1.96. The predicted octanol–water partition coefficient (Wildman–Crippen LogP) is 0.411. The summed E-state index contributed by atoms with van der Waals surface area (Å²) < 4.78 is 2.00. The van der Waals surface area contributed by atoms with Crippen molar-refractivity contribution in [1.82, 2.24) is 24.6 Å². The topological polar surface area (TPSA) is 91.6 Å². The van der Waals surface area contributed by atoms with E-state index in [1.807, 2.05) is 18.5 Å². The maximum Gasteiger partial charge on any atom is 0.326 e. The Labute approximate surface area is 141 Å². The van der Waals surface area contributed by atoms with Gasteiger partial charge in [-0.05, 0) is 44.7 Å². The lowest BCUT2D eigenvalue weighted by Gasteiger charge is -2.38. The van der Waals surface area contributed by atoms with E-state index in [-0.39, 0.29) is 11.3 Å². The highest BCUT2D eigenvalue weighted by atomic mass is 16.4. The van der Waals surface area contributed by atoms with Gasteiger partial charge < -0.3 is 14.6 Å². The van der Waals surface area contributed by atoms with Gasteiger partial charge in [0.25, 0.3) is 0 Å². The Morgan fingerprint density at radius 2 is 1.96 bits per heavy atom. The SMILES string of the molecule is CC(=O)N1CC2(CCN(Cc3nnc(C)n3C)CC2)C[C@@H]1C(=O)O. The number of hydrogen-bond acceptors (Lipinski definition) is 5. The Balaban J connectivity index is 1.63. The number of nitrogens with zero attached hydrogens (tertiary/aromatic N) is 5. The number of aromatic nitrogens is 3. The monoisotopic (exact) mass is 335 g/mol. The molecule has 1 atom stereocenters. The second-order valence-electron chi connectivity index (χ2n) is 7.20. The Morgan fingerprint density at radius 3 is 2.42 bits per heavy atom. The summed E-state index contributed by atoms with van der Waals surface area (Å²) in [7, 11) is 1.97. The van der Waals surface area contributed by atoms with Crippen LogP contribution in [-0.4, -0.2) is 67.2 Å². The third kappa shape index (κ3) is 3.02. The summed E-state index contributed by atoms with van der Waals surface area (Å²) in [6.45, 7) is 6.50. The van der Waals surface area contributed by atoms with Gasteiger partial charge in [-0.1, -0.05) is 0 Å². The molecule has 3 heterocycles. The molecule has 0 aliphatic carbocycles. The first kappa shape index (κ1) is 16.9. The Bertz CT molecular complexity index is 624. The molecule has 2 fully saturated rings. The van der Waals surface area contributed by atoms with Gasteiger partial charge in [0.1, 0.15) is 17.7 Å². The first-order valence-corrected chi connectivity index (χ1v) is 8.38. The van der Waals surface area contributed by atoms with Crippen LogP contribution < -0.4 is 0 Å². The molecule has 1 spiro atoms. The highest BCUT2D eigenvalue weighted by molar-refractivity contribution is 5.83. The molecule has 2 saturated heterocycles. The van der Waals surface area contributed by atoms with Gasteiger partial charge in [0.05, 0.1) is 6.54 Å². The molecule has 2 aliphatic heterocycles. The number of aryl methyl sites for hydroxylation is 1. The van der Waals surface area contributed by atoms with Crippen LogP contribution in [0.1, 0.15) is 37.8 Å². The second-order valence-corrected chi connectivity index (χ2v) is 7.20. The van der Waals surface area contributed by atoms with Gasteiger partial charge in [0.15, 0.2) is 0 Å². The van der Waals surface area contributed by atoms with E-state index in [9.17, 15) is 14.7 Å². The second kappa shape index (κ2) is 6.16. The number of carbonyl (C=O) groups is 2. The lowest BCUT2D eigenvalue weighted by atomic mass is 9.76. The zero-order valence-corrected chi connectivity index (χ0v) is 14.5. The van der Waals surface area contributed by atoms with Gasteiger partial charge in [-0.3, -0.25) is 9.69 Å². The fraction of sp³-hybridized carbons (Fsp3) is 0.750. The predicted molar refractivity (Wildman–Crippen MR) is 86.1 cm³/mol. The number of carbonyl (C=O) groups excluding carboxylic acids is 1. The summed E-state index contributed by atoms with van der Waals surface area (Å²) in [5.74, 6) is 0.814. The largest absolute Gasteiger partial charge is 0.480 e. The third-order valence-electron chi connectivity index (χ3n) is 5.66. The molecule has 0 radical (unpaired) electrons. The normalized spacial score (nSPS) is 23.8. The van der Waals surface area contributed by atoms with E-state index in [2.05, 4.69) is 15.1 Å². The summed E-state index contributed by atoms with van der Waals surface area (Å²) in [4.78, 5) is 27.1. The Morgan fingerprint density at radius 1 is 1.29 bits per heavy atom. The molecule has 1 amide bonds.